The average molecular weight is 313 g/mol. The Balaban J connectivity index is 1.62. The summed E-state index contributed by atoms with van der Waals surface area (Å²) in [7, 11) is 0. The molecule has 0 aromatic carbocycles. The van der Waals surface area contributed by atoms with Gasteiger partial charge in [0.1, 0.15) is 5.82 Å². The number of ether oxygens (including phenoxy) is 1. The van der Waals surface area contributed by atoms with Crippen molar-refractivity contribution in [3.05, 3.63) is 22.3 Å². The fraction of sp³-hybridized carbons (Fsp3) is 0.643. The Morgan fingerprint density at radius 1 is 1.44 bits per heavy atom. The number of nitrogens with zero attached hydrogens (tertiary/aromatic N) is 1. The van der Waals surface area contributed by atoms with E-state index < -0.39 is 0 Å². The molecule has 1 aromatic heterocycles. The first kappa shape index (κ1) is 13.8. The van der Waals surface area contributed by atoms with Crippen molar-refractivity contribution in [2.75, 3.05) is 18.5 Å². The van der Waals surface area contributed by atoms with Crippen molar-refractivity contribution >= 4 is 21.7 Å². The summed E-state index contributed by atoms with van der Waals surface area (Å²) in [5, 5.41) is 3.35. The van der Waals surface area contributed by atoms with Gasteiger partial charge in [0.2, 0.25) is 0 Å². The highest BCUT2D eigenvalue weighted by Gasteiger charge is 2.14. The zero-order valence-corrected chi connectivity index (χ0v) is 12.5. The lowest BCUT2D eigenvalue weighted by Gasteiger charge is -2.12. The number of nitrogens with one attached hydrogen (secondary N) is 1. The molecule has 1 saturated carbocycles. The van der Waals surface area contributed by atoms with Crippen molar-refractivity contribution < 1.29 is 4.74 Å². The lowest BCUT2D eigenvalue weighted by Crippen LogP contribution is -2.12. The molecule has 0 radical (unpaired) electrons. The van der Waals surface area contributed by atoms with Crippen molar-refractivity contribution in [1.82, 2.24) is 4.98 Å². The molecular weight excluding hydrogens is 292 g/mol. The molecule has 1 N–H and O–H groups in total. The Labute approximate surface area is 117 Å². The Morgan fingerprint density at radius 2 is 2.22 bits per heavy atom. The van der Waals surface area contributed by atoms with Crippen LogP contribution < -0.4 is 5.32 Å². The molecule has 3 nitrogen and oxygen atoms in total. The predicted molar refractivity (Wildman–Crippen MR) is 78.0 cm³/mol. The highest BCUT2D eigenvalue weighted by molar-refractivity contribution is 9.10. The van der Waals surface area contributed by atoms with E-state index in [0.29, 0.717) is 6.10 Å². The van der Waals surface area contributed by atoms with Gasteiger partial charge < -0.3 is 10.1 Å². The second-order valence-electron chi connectivity index (χ2n) is 4.88. The molecular formula is C14H21BrN2O. The largest absolute Gasteiger partial charge is 0.378 e. The van der Waals surface area contributed by atoms with Gasteiger partial charge in [0.25, 0.3) is 0 Å². The molecule has 18 heavy (non-hydrogen) atoms. The molecule has 1 aromatic rings. The van der Waals surface area contributed by atoms with Gasteiger partial charge in [-0.2, -0.15) is 0 Å². The summed E-state index contributed by atoms with van der Waals surface area (Å²) >= 11 is 3.42. The molecule has 0 aliphatic heterocycles. The maximum Gasteiger partial charge on any atom is 0.128 e. The summed E-state index contributed by atoms with van der Waals surface area (Å²) in [6, 6.07) is 2.07. The van der Waals surface area contributed by atoms with Crippen molar-refractivity contribution in [2.45, 2.75) is 45.1 Å². The first-order chi connectivity index (χ1) is 8.75. The lowest BCUT2D eigenvalue weighted by atomic mass is 10.3. The number of rotatable bonds is 6. The first-order valence-electron chi connectivity index (χ1n) is 6.73. The Hall–Kier alpha value is -0.610. The summed E-state index contributed by atoms with van der Waals surface area (Å²) < 4.78 is 6.85. The van der Waals surface area contributed by atoms with E-state index in [9.17, 15) is 0 Å². The van der Waals surface area contributed by atoms with E-state index in [4.69, 9.17) is 4.74 Å². The molecule has 1 aliphatic rings. The van der Waals surface area contributed by atoms with Crippen molar-refractivity contribution in [2.24, 2.45) is 0 Å². The SMILES string of the molecule is Cc1cc(Br)cnc1NCCCOC1CCCC1. The molecule has 0 saturated heterocycles. The number of aryl methyl sites for hydroxylation is 1. The monoisotopic (exact) mass is 312 g/mol. The third-order valence-electron chi connectivity index (χ3n) is 3.31. The van der Waals surface area contributed by atoms with Crippen molar-refractivity contribution in [3.63, 3.8) is 0 Å². The second-order valence-corrected chi connectivity index (χ2v) is 5.79. The smallest absolute Gasteiger partial charge is 0.128 e. The van der Waals surface area contributed by atoms with Crippen LogP contribution in [0.3, 0.4) is 0 Å². The molecule has 0 bridgehead atoms. The van der Waals surface area contributed by atoms with Gasteiger partial charge in [-0.25, -0.2) is 4.98 Å². The van der Waals surface area contributed by atoms with Gasteiger partial charge in [-0.15, -0.1) is 0 Å². The normalized spacial score (nSPS) is 16.1. The van der Waals surface area contributed by atoms with Crippen molar-refractivity contribution in [1.29, 1.82) is 0 Å². The van der Waals surface area contributed by atoms with Crippen LogP contribution in [0.25, 0.3) is 0 Å². The predicted octanol–water partition coefficient (Wildman–Crippen LogP) is 3.91. The molecule has 2 rings (SSSR count). The maximum atomic E-state index is 5.82. The van der Waals surface area contributed by atoms with Crippen LogP contribution in [0, 0.1) is 6.92 Å². The first-order valence-corrected chi connectivity index (χ1v) is 7.52. The molecule has 4 heteroatoms. The van der Waals surface area contributed by atoms with Gasteiger partial charge >= 0.3 is 0 Å². The topological polar surface area (TPSA) is 34.2 Å². The van der Waals surface area contributed by atoms with E-state index in [1.807, 2.05) is 6.20 Å². The third kappa shape index (κ3) is 4.25. The average Bonchev–Trinajstić information content (AvgIpc) is 2.84. The number of pyridine rings is 1. The standard InChI is InChI=1S/C14H21BrN2O/c1-11-9-12(15)10-17-14(11)16-7-4-8-18-13-5-2-3-6-13/h9-10,13H,2-8H2,1H3,(H,16,17). The third-order valence-corrected chi connectivity index (χ3v) is 3.75. The summed E-state index contributed by atoms with van der Waals surface area (Å²) in [6.45, 7) is 3.84. The van der Waals surface area contributed by atoms with Crippen molar-refractivity contribution in [3.8, 4) is 0 Å². The number of hydrogen-bond donors (Lipinski definition) is 1. The Kier molecular flexibility index (Phi) is 5.45. The fourth-order valence-electron chi connectivity index (χ4n) is 2.31. The fourth-order valence-corrected chi connectivity index (χ4v) is 2.76. The molecule has 100 valence electrons. The number of anilines is 1. The van der Waals surface area contributed by atoms with Crippen LogP contribution >= 0.6 is 15.9 Å². The minimum absolute atomic E-state index is 0.526. The van der Waals surface area contributed by atoms with Gasteiger partial charge in [0, 0.05) is 23.8 Å². The maximum absolute atomic E-state index is 5.82. The van der Waals surface area contributed by atoms with Crippen LogP contribution in [0.1, 0.15) is 37.7 Å². The van der Waals surface area contributed by atoms with E-state index in [0.717, 1.165) is 29.9 Å². The van der Waals surface area contributed by atoms with E-state index in [2.05, 4.69) is 39.2 Å². The van der Waals surface area contributed by atoms with Crippen LogP contribution in [0.15, 0.2) is 16.7 Å². The van der Waals surface area contributed by atoms with Crippen LogP contribution in [-0.4, -0.2) is 24.2 Å². The van der Waals surface area contributed by atoms with Gasteiger partial charge in [0.15, 0.2) is 0 Å². The Morgan fingerprint density at radius 3 is 2.94 bits per heavy atom. The van der Waals surface area contributed by atoms with Crippen LogP contribution in [0.5, 0.6) is 0 Å². The zero-order chi connectivity index (χ0) is 12.8. The summed E-state index contributed by atoms with van der Waals surface area (Å²) in [4.78, 5) is 4.35. The van der Waals surface area contributed by atoms with Crippen LogP contribution in [0.4, 0.5) is 5.82 Å². The molecule has 0 unspecified atom stereocenters. The minimum atomic E-state index is 0.526. The minimum Gasteiger partial charge on any atom is -0.378 e. The molecule has 1 heterocycles. The number of aromatic nitrogens is 1. The van der Waals surface area contributed by atoms with Gasteiger partial charge in [-0.3, -0.25) is 0 Å². The molecule has 1 aliphatic carbocycles. The van der Waals surface area contributed by atoms with Gasteiger partial charge in [-0.1, -0.05) is 12.8 Å². The van der Waals surface area contributed by atoms with E-state index in [1.54, 1.807) is 0 Å². The van der Waals surface area contributed by atoms with Crippen LogP contribution in [-0.2, 0) is 4.74 Å². The van der Waals surface area contributed by atoms with E-state index in [-0.39, 0.29) is 0 Å². The molecule has 1 fully saturated rings. The summed E-state index contributed by atoms with van der Waals surface area (Å²) in [5.41, 5.74) is 1.17. The molecule has 0 atom stereocenters. The van der Waals surface area contributed by atoms with Crippen LogP contribution in [0.2, 0.25) is 0 Å². The zero-order valence-electron chi connectivity index (χ0n) is 10.9. The quantitative estimate of drug-likeness (QED) is 0.809. The molecule has 0 amide bonds. The summed E-state index contributed by atoms with van der Waals surface area (Å²) in [5.74, 6) is 0.971. The highest BCUT2D eigenvalue weighted by atomic mass is 79.9. The number of hydrogen-bond acceptors (Lipinski definition) is 3. The molecule has 0 spiro atoms. The Bertz CT molecular complexity index is 378. The van der Waals surface area contributed by atoms with Gasteiger partial charge in [-0.05, 0) is 53.7 Å². The van der Waals surface area contributed by atoms with E-state index in [1.165, 1.54) is 31.2 Å². The van der Waals surface area contributed by atoms with E-state index >= 15 is 0 Å². The van der Waals surface area contributed by atoms with Gasteiger partial charge in [0.05, 0.1) is 6.10 Å². The highest BCUT2D eigenvalue weighted by Crippen LogP contribution is 2.21. The lowest BCUT2D eigenvalue weighted by molar-refractivity contribution is 0.0583. The summed E-state index contributed by atoms with van der Waals surface area (Å²) in [6.07, 6.45) is 8.56. The number of halogens is 1. The second kappa shape index (κ2) is 7.10.